The van der Waals surface area contributed by atoms with Gasteiger partial charge in [0.1, 0.15) is 0 Å². The van der Waals surface area contributed by atoms with Gasteiger partial charge in [0.2, 0.25) is 0 Å². The molecular weight excluding hydrogens is 300 g/mol. The molecule has 102 valence electrons. The van der Waals surface area contributed by atoms with Gasteiger partial charge in [-0.1, -0.05) is 45.4 Å². The lowest BCUT2D eigenvalue weighted by molar-refractivity contribution is 0.798. The highest BCUT2D eigenvalue weighted by Crippen LogP contribution is 2.33. The van der Waals surface area contributed by atoms with E-state index in [2.05, 4.69) is 72.2 Å². The maximum absolute atomic E-state index is 4.30. The molecule has 0 amide bonds. The second-order valence-electron chi connectivity index (χ2n) is 5.67. The minimum absolute atomic E-state index is 0.488. The molecule has 0 radical (unpaired) electrons. The second-order valence-corrected chi connectivity index (χ2v) is 6.38. The van der Waals surface area contributed by atoms with E-state index in [1.807, 2.05) is 12.4 Å². The summed E-state index contributed by atoms with van der Waals surface area (Å²) in [6.07, 6.45) is 3.85. The standard InChI is InChI=1S/C16H21BrN2/c1-10(2)13-8-12(5)9-14(11(3)4)15(13)19-7-6-18-16(19)17/h6-11H,1-5H3. The summed E-state index contributed by atoms with van der Waals surface area (Å²) in [5, 5.41) is 0. The number of rotatable bonds is 3. The first-order valence-electron chi connectivity index (χ1n) is 6.75. The molecule has 0 unspecified atom stereocenters. The van der Waals surface area contributed by atoms with Crippen LogP contribution in [0.1, 0.15) is 56.2 Å². The third-order valence-electron chi connectivity index (χ3n) is 3.39. The molecule has 0 N–H and O–H groups in total. The van der Waals surface area contributed by atoms with Gasteiger partial charge in [-0.25, -0.2) is 4.98 Å². The molecule has 0 fully saturated rings. The zero-order valence-electron chi connectivity index (χ0n) is 12.2. The van der Waals surface area contributed by atoms with E-state index >= 15 is 0 Å². The molecule has 0 saturated carbocycles. The number of imidazole rings is 1. The summed E-state index contributed by atoms with van der Waals surface area (Å²) in [6.45, 7) is 11.1. The number of aromatic nitrogens is 2. The van der Waals surface area contributed by atoms with E-state index in [9.17, 15) is 0 Å². The summed E-state index contributed by atoms with van der Waals surface area (Å²) in [5.41, 5.74) is 5.36. The molecule has 2 nitrogen and oxygen atoms in total. The van der Waals surface area contributed by atoms with Crippen molar-refractivity contribution in [2.75, 3.05) is 0 Å². The Bertz CT molecular complexity index is 553. The number of hydrogen-bond donors (Lipinski definition) is 0. The van der Waals surface area contributed by atoms with Crippen LogP contribution in [-0.2, 0) is 0 Å². The van der Waals surface area contributed by atoms with Gasteiger partial charge in [-0.05, 0) is 45.8 Å². The molecule has 0 aliphatic rings. The topological polar surface area (TPSA) is 17.8 Å². The molecule has 0 aliphatic heterocycles. The first-order chi connectivity index (χ1) is 8.91. The van der Waals surface area contributed by atoms with Crippen molar-refractivity contribution >= 4 is 15.9 Å². The average molecular weight is 321 g/mol. The molecule has 0 atom stereocenters. The van der Waals surface area contributed by atoms with Gasteiger partial charge in [-0.3, -0.25) is 4.57 Å². The molecule has 1 heterocycles. The Labute approximate surface area is 124 Å². The highest BCUT2D eigenvalue weighted by atomic mass is 79.9. The predicted molar refractivity (Wildman–Crippen MR) is 84.2 cm³/mol. The lowest BCUT2D eigenvalue weighted by Crippen LogP contribution is -2.07. The molecule has 1 aromatic heterocycles. The zero-order chi connectivity index (χ0) is 14.2. The second kappa shape index (κ2) is 5.49. The van der Waals surface area contributed by atoms with Gasteiger partial charge in [0, 0.05) is 12.4 Å². The molecule has 3 heteroatoms. The van der Waals surface area contributed by atoms with Crippen molar-refractivity contribution in [2.24, 2.45) is 0 Å². The van der Waals surface area contributed by atoms with Crippen LogP contribution in [0.4, 0.5) is 0 Å². The summed E-state index contributed by atoms with van der Waals surface area (Å²) in [7, 11) is 0. The lowest BCUT2D eigenvalue weighted by atomic mass is 9.90. The molecule has 1 aromatic carbocycles. The van der Waals surface area contributed by atoms with Gasteiger partial charge >= 0.3 is 0 Å². The molecule has 0 bridgehead atoms. The normalized spacial score (nSPS) is 11.6. The molecule has 2 aromatic rings. The summed E-state index contributed by atoms with van der Waals surface area (Å²) < 4.78 is 3.00. The van der Waals surface area contributed by atoms with E-state index in [1.54, 1.807) is 0 Å². The maximum Gasteiger partial charge on any atom is 0.181 e. The smallest absolute Gasteiger partial charge is 0.181 e. The van der Waals surface area contributed by atoms with Crippen LogP contribution >= 0.6 is 15.9 Å². The van der Waals surface area contributed by atoms with E-state index < -0.39 is 0 Å². The average Bonchev–Trinajstić information content (AvgIpc) is 2.74. The number of halogens is 1. The van der Waals surface area contributed by atoms with E-state index in [0.717, 1.165) is 4.73 Å². The third-order valence-corrected chi connectivity index (χ3v) is 3.98. The Hall–Kier alpha value is -1.09. The van der Waals surface area contributed by atoms with Crippen LogP contribution in [0.25, 0.3) is 5.69 Å². The fraction of sp³-hybridized carbons (Fsp3) is 0.438. The SMILES string of the molecule is Cc1cc(C(C)C)c(-n2ccnc2Br)c(C(C)C)c1. The summed E-state index contributed by atoms with van der Waals surface area (Å²) in [6, 6.07) is 4.58. The Morgan fingerprint density at radius 2 is 1.58 bits per heavy atom. The first-order valence-corrected chi connectivity index (χ1v) is 7.54. The van der Waals surface area contributed by atoms with Crippen molar-refractivity contribution < 1.29 is 0 Å². The molecular formula is C16H21BrN2. The Kier molecular flexibility index (Phi) is 4.14. The molecule has 0 aliphatic carbocycles. The first kappa shape index (κ1) is 14.3. The molecule has 0 spiro atoms. The number of aryl methyl sites for hydroxylation is 1. The largest absolute Gasteiger partial charge is 0.294 e. The molecule has 19 heavy (non-hydrogen) atoms. The van der Waals surface area contributed by atoms with Gasteiger partial charge in [0.15, 0.2) is 4.73 Å². The van der Waals surface area contributed by atoms with Gasteiger partial charge in [-0.15, -0.1) is 0 Å². The number of benzene rings is 1. The molecule has 0 saturated heterocycles. The van der Waals surface area contributed by atoms with E-state index in [4.69, 9.17) is 0 Å². The van der Waals surface area contributed by atoms with Crippen molar-refractivity contribution in [3.05, 3.63) is 46.0 Å². The quantitative estimate of drug-likeness (QED) is 0.760. The lowest BCUT2D eigenvalue weighted by Gasteiger charge is -2.22. The van der Waals surface area contributed by atoms with Gasteiger partial charge in [0.05, 0.1) is 5.69 Å². The fourth-order valence-electron chi connectivity index (χ4n) is 2.45. The fourth-order valence-corrected chi connectivity index (χ4v) is 2.86. The summed E-state index contributed by atoms with van der Waals surface area (Å²) in [4.78, 5) is 4.30. The predicted octanol–water partition coefficient (Wildman–Crippen LogP) is 5.19. The number of nitrogens with zero attached hydrogens (tertiary/aromatic N) is 2. The van der Waals surface area contributed by atoms with Crippen LogP contribution < -0.4 is 0 Å². The van der Waals surface area contributed by atoms with Crippen LogP contribution in [0.3, 0.4) is 0 Å². The van der Waals surface area contributed by atoms with Gasteiger partial charge in [0.25, 0.3) is 0 Å². The van der Waals surface area contributed by atoms with Gasteiger partial charge < -0.3 is 0 Å². The monoisotopic (exact) mass is 320 g/mol. The van der Waals surface area contributed by atoms with E-state index in [1.165, 1.54) is 22.4 Å². The van der Waals surface area contributed by atoms with Crippen molar-refractivity contribution in [1.82, 2.24) is 9.55 Å². The Morgan fingerprint density at radius 3 is 1.95 bits per heavy atom. The van der Waals surface area contributed by atoms with E-state index in [-0.39, 0.29) is 0 Å². The van der Waals surface area contributed by atoms with E-state index in [0.29, 0.717) is 11.8 Å². The number of hydrogen-bond acceptors (Lipinski definition) is 1. The van der Waals surface area contributed by atoms with Crippen molar-refractivity contribution in [3.8, 4) is 5.69 Å². The zero-order valence-corrected chi connectivity index (χ0v) is 13.8. The summed E-state index contributed by atoms with van der Waals surface area (Å²) in [5.74, 6) is 0.975. The maximum atomic E-state index is 4.30. The van der Waals surface area contributed by atoms with Crippen molar-refractivity contribution in [2.45, 2.75) is 46.5 Å². The minimum Gasteiger partial charge on any atom is -0.294 e. The van der Waals surface area contributed by atoms with Crippen LogP contribution in [0, 0.1) is 6.92 Å². The van der Waals surface area contributed by atoms with Crippen LogP contribution in [-0.4, -0.2) is 9.55 Å². The van der Waals surface area contributed by atoms with Gasteiger partial charge in [-0.2, -0.15) is 0 Å². The van der Waals surface area contributed by atoms with Crippen molar-refractivity contribution in [3.63, 3.8) is 0 Å². The Balaban J connectivity index is 2.78. The summed E-state index contributed by atoms with van der Waals surface area (Å²) >= 11 is 3.54. The highest BCUT2D eigenvalue weighted by Gasteiger charge is 2.17. The van der Waals surface area contributed by atoms with Crippen LogP contribution in [0.5, 0.6) is 0 Å². The Morgan fingerprint density at radius 1 is 1.05 bits per heavy atom. The third kappa shape index (κ3) is 2.76. The highest BCUT2D eigenvalue weighted by molar-refractivity contribution is 9.10. The minimum atomic E-state index is 0.488. The van der Waals surface area contributed by atoms with Crippen molar-refractivity contribution in [1.29, 1.82) is 0 Å². The van der Waals surface area contributed by atoms with Crippen LogP contribution in [0.2, 0.25) is 0 Å². The van der Waals surface area contributed by atoms with Crippen LogP contribution in [0.15, 0.2) is 29.3 Å². The molecule has 2 rings (SSSR count).